The second-order valence-corrected chi connectivity index (χ2v) is 11.5. The highest BCUT2D eigenvalue weighted by Gasteiger charge is 2.67. The van der Waals surface area contributed by atoms with Crippen molar-refractivity contribution < 1.29 is 18.4 Å². The number of hydrogen-bond donors (Lipinski definition) is 3. The van der Waals surface area contributed by atoms with Crippen molar-refractivity contribution in [1.82, 2.24) is 10.9 Å². The summed E-state index contributed by atoms with van der Waals surface area (Å²) in [4.78, 5) is 25.6. The monoisotopic (exact) mass is 583 g/mol. The number of halogens is 7. The van der Waals surface area contributed by atoms with Gasteiger partial charge in [-0.15, -0.1) is 23.2 Å². The fourth-order valence-electron chi connectivity index (χ4n) is 4.24. The van der Waals surface area contributed by atoms with Gasteiger partial charge in [-0.05, 0) is 54.8 Å². The van der Waals surface area contributed by atoms with Crippen molar-refractivity contribution in [2.75, 3.05) is 5.32 Å². The van der Waals surface area contributed by atoms with Crippen molar-refractivity contribution in [3.8, 4) is 0 Å². The molecule has 2 fully saturated rings. The molecule has 2 saturated carbocycles. The molecule has 188 valence electrons. The standard InChI is InChI=1S/C23H20Cl5F2N3O2/c24-12-7-11(8-13(25)9-12)18-19(23(18,27)28)21(35)31-15-1-2-17(26)16(10-15)20(34)33-32-14-3-5-22(29,30)6-4-14/h1-2,7-10,14,18-19,32H,3-6H2,(H,31,35)(H,33,34)/t18-,19+/m0/s1. The SMILES string of the molecule is O=C(NNC1CCC(F)(F)CC1)c1cc(NC(=O)[C@H]2[C@H](c3cc(Cl)cc(Cl)c3)C2(Cl)Cl)ccc1Cl. The highest BCUT2D eigenvalue weighted by Crippen LogP contribution is 2.65. The van der Waals surface area contributed by atoms with Crippen LogP contribution in [0.25, 0.3) is 0 Å². The summed E-state index contributed by atoms with van der Waals surface area (Å²) in [6.07, 6.45) is -0.0177. The molecule has 5 nitrogen and oxygen atoms in total. The fraction of sp³-hybridized carbons (Fsp3) is 0.391. The zero-order valence-corrected chi connectivity index (χ0v) is 21.8. The van der Waals surface area contributed by atoms with Gasteiger partial charge in [0.25, 0.3) is 5.91 Å². The summed E-state index contributed by atoms with van der Waals surface area (Å²) in [7, 11) is 0. The van der Waals surface area contributed by atoms with Crippen molar-refractivity contribution in [3.63, 3.8) is 0 Å². The Morgan fingerprint density at radius 1 is 0.943 bits per heavy atom. The first kappa shape index (κ1) is 26.7. The number of alkyl halides is 4. The average Bonchev–Trinajstić information content (AvgIpc) is 3.35. The molecule has 0 saturated heterocycles. The number of amides is 2. The summed E-state index contributed by atoms with van der Waals surface area (Å²) in [5.74, 6) is -4.98. The minimum atomic E-state index is -2.67. The Morgan fingerprint density at radius 2 is 1.57 bits per heavy atom. The largest absolute Gasteiger partial charge is 0.326 e. The van der Waals surface area contributed by atoms with E-state index in [1.165, 1.54) is 18.2 Å². The first-order valence-electron chi connectivity index (χ1n) is 10.8. The van der Waals surface area contributed by atoms with Crippen LogP contribution in [0, 0.1) is 5.92 Å². The van der Waals surface area contributed by atoms with E-state index in [9.17, 15) is 18.4 Å². The third kappa shape index (κ3) is 6.14. The molecule has 0 aliphatic heterocycles. The van der Waals surface area contributed by atoms with Crippen molar-refractivity contribution >= 4 is 75.5 Å². The number of hydrogen-bond acceptors (Lipinski definition) is 3. The van der Waals surface area contributed by atoms with Gasteiger partial charge in [-0.25, -0.2) is 14.2 Å². The van der Waals surface area contributed by atoms with Gasteiger partial charge in [-0.2, -0.15) is 0 Å². The molecule has 2 atom stereocenters. The van der Waals surface area contributed by atoms with E-state index in [1.807, 2.05) is 0 Å². The molecule has 2 aromatic rings. The van der Waals surface area contributed by atoms with Crippen LogP contribution in [0.1, 0.15) is 47.5 Å². The van der Waals surface area contributed by atoms with Crippen molar-refractivity contribution in [3.05, 3.63) is 62.6 Å². The third-order valence-electron chi connectivity index (χ3n) is 6.17. The van der Waals surface area contributed by atoms with Crippen molar-refractivity contribution in [1.29, 1.82) is 0 Å². The summed E-state index contributed by atoms with van der Waals surface area (Å²) < 4.78 is 25.3. The van der Waals surface area contributed by atoms with Crippen LogP contribution in [0.4, 0.5) is 14.5 Å². The fourth-order valence-corrected chi connectivity index (χ4v) is 5.81. The molecule has 0 radical (unpaired) electrons. The smallest absolute Gasteiger partial charge is 0.266 e. The zero-order chi connectivity index (χ0) is 25.5. The zero-order valence-electron chi connectivity index (χ0n) is 18.0. The van der Waals surface area contributed by atoms with Gasteiger partial charge in [-0.3, -0.25) is 15.0 Å². The molecule has 3 N–H and O–H groups in total. The Labute approximate surface area is 225 Å². The number of anilines is 1. The molecule has 35 heavy (non-hydrogen) atoms. The molecule has 2 aromatic carbocycles. The van der Waals surface area contributed by atoms with Gasteiger partial charge in [0.15, 0.2) is 0 Å². The lowest BCUT2D eigenvalue weighted by Crippen LogP contribution is -2.47. The van der Waals surface area contributed by atoms with Gasteiger partial charge in [0, 0.05) is 40.5 Å². The number of nitrogens with one attached hydrogen (secondary N) is 3. The predicted molar refractivity (Wildman–Crippen MR) is 135 cm³/mol. The number of carbonyl (C=O) groups is 2. The van der Waals surface area contributed by atoms with Crippen LogP contribution in [0.2, 0.25) is 15.1 Å². The third-order valence-corrected chi connectivity index (χ3v) is 7.87. The maximum atomic E-state index is 13.3. The molecular formula is C23H20Cl5F2N3O2. The maximum Gasteiger partial charge on any atom is 0.266 e. The number of carbonyl (C=O) groups excluding carboxylic acids is 2. The molecule has 4 rings (SSSR count). The minimum Gasteiger partial charge on any atom is -0.326 e. The van der Waals surface area contributed by atoms with Crippen LogP contribution < -0.4 is 16.2 Å². The van der Waals surface area contributed by atoms with Crippen LogP contribution in [0.15, 0.2) is 36.4 Å². The second-order valence-electron chi connectivity index (χ2n) is 8.75. The molecule has 12 heteroatoms. The van der Waals surface area contributed by atoms with Gasteiger partial charge in [-0.1, -0.05) is 34.8 Å². The van der Waals surface area contributed by atoms with Crippen LogP contribution in [0.5, 0.6) is 0 Å². The van der Waals surface area contributed by atoms with E-state index in [4.69, 9.17) is 58.0 Å². The van der Waals surface area contributed by atoms with Crippen LogP contribution in [-0.4, -0.2) is 28.1 Å². The van der Waals surface area contributed by atoms with E-state index in [2.05, 4.69) is 16.2 Å². The van der Waals surface area contributed by atoms with Crippen LogP contribution in [-0.2, 0) is 4.79 Å². The molecular weight excluding hydrogens is 566 g/mol. The van der Waals surface area contributed by atoms with E-state index in [0.717, 1.165) is 0 Å². The Morgan fingerprint density at radius 3 is 2.20 bits per heavy atom. The number of rotatable bonds is 6. The molecule has 0 aromatic heterocycles. The van der Waals surface area contributed by atoms with Crippen LogP contribution >= 0.6 is 58.0 Å². The van der Waals surface area contributed by atoms with Gasteiger partial charge in [0.2, 0.25) is 11.8 Å². The van der Waals surface area contributed by atoms with Gasteiger partial charge in [0.1, 0.15) is 4.33 Å². The average molecular weight is 586 g/mol. The van der Waals surface area contributed by atoms with Gasteiger partial charge < -0.3 is 5.32 Å². The summed E-state index contributed by atoms with van der Waals surface area (Å²) in [6.45, 7) is 0. The molecule has 0 heterocycles. The molecule has 2 aliphatic carbocycles. The Bertz CT molecular complexity index is 1130. The molecule has 0 spiro atoms. The maximum absolute atomic E-state index is 13.3. The van der Waals surface area contributed by atoms with Crippen molar-refractivity contribution in [2.24, 2.45) is 5.92 Å². The lowest BCUT2D eigenvalue weighted by atomic mass is 9.93. The highest BCUT2D eigenvalue weighted by atomic mass is 35.5. The topological polar surface area (TPSA) is 70.2 Å². The summed E-state index contributed by atoms with van der Waals surface area (Å²) >= 11 is 31.1. The second kappa shape index (κ2) is 10.2. The molecule has 0 unspecified atom stereocenters. The Balaban J connectivity index is 1.40. The first-order valence-corrected chi connectivity index (χ1v) is 12.6. The normalized spacial score (nSPS) is 22.9. The summed E-state index contributed by atoms with van der Waals surface area (Å²) in [5.41, 5.74) is 6.32. The summed E-state index contributed by atoms with van der Waals surface area (Å²) in [6, 6.07) is 8.99. The Kier molecular flexibility index (Phi) is 7.78. The lowest BCUT2D eigenvalue weighted by molar-refractivity contribution is -0.117. The van der Waals surface area contributed by atoms with Crippen molar-refractivity contribution in [2.45, 2.75) is 47.9 Å². The Hall–Kier alpha value is -1.35. The number of benzene rings is 2. The van der Waals surface area contributed by atoms with Crippen LogP contribution in [0.3, 0.4) is 0 Å². The quantitative estimate of drug-likeness (QED) is 0.253. The van der Waals surface area contributed by atoms with E-state index in [-0.39, 0.29) is 42.3 Å². The molecule has 2 amide bonds. The van der Waals surface area contributed by atoms with Gasteiger partial charge in [0.05, 0.1) is 16.5 Å². The molecule has 2 aliphatic rings. The predicted octanol–water partition coefficient (Wildman–Crippen LogP) is 6.99. The van der Waals surface area contributed by atoms with E-state index >= 15 is 0 Å². The first-order chi connectivity index (χ1) is 16.4. The van der Waals surface area contributed by atoms with E-state index in [1.54, 1.807) is 18.2 Å². The van der Waals surface area contributed by atoms with Gasteiger partial charge >= 0.3 is 0 Å². The van der Waals surface area contributed by atoms with E-state index < -0.39 is 33.9 Å². The van der Waals surface area contributed by atoms with E-state index in [0.29, 0.717) is 21.3 Å². The number of hydrazine groups is 1. The minimum absolute atomic E-state index is 0.0927. The lowest BCUT2D eigenvalue weighted by Gasteiger charge is -2.28. The summed E-state index contributed by atoms with van der Waals surface area (Å²) in [5, 5.41) is 3.65. The molecule has 0 bridgehead atoms. The highest BCUT2D eigenvalue weighted by molar-refractivity contribution is 6.53.